The van der Waals surface area contributed by atoms with Crippen molar-refractivity contribution < 1.29 is 40.1 Å². The van der Waals surface area contributed by atoms with Crippen LogP contribution in [-0.4, -0.2) is 85.8 Å². The second-order valence-electron chi connectivity index (χ2n) is 18.1. The maximum atomic E-state index is 12.4. The van der Waals surface area contributed by atoms with Crippen LogP contribution in [0.4, 0.5) is 0 Å². The van der Waals surface area contributed by atoms with Gasteiger partial charge in [0, 0.05) is 5.41 Å². The zero-order valence-corrected chi connectivity index (χ0v) is 27.9. The number of rotatable bonds is 4. The molecule has 4 unspecified atom stereocenters. The highest BCUT2D eigenvalue weighted by atomic mass is 16.7. The molecule has 0 aromatic carbocycles. The molecule has 4 saturated carbocycles. The van der Waals surface area contributed by atoms with E-state index in [0.717, 1.165) is 44.1 Å². The van der Waals surface area contributed by atoms with Gasteiger partial charge in [-0.2, -0.15) is 0 Å². The van der Waals surface area contributed by atoms with Gasteiger partial charge in [-0.15, -0.1) is 0 Å². The molecule has 15 atom stereocenters. The third-order valence-corrected chi connectivity index (χ3v) is 15.5. The van der Waals surface area contributed by atoms with Crippen molar-refractivity contribution in [3.63, 3.8) is 0 Å². The fraction of sp³-hybridized carbons (Fsp3) is 0.944. The normalized spacial score (nSPS) is 55.3. The predicted octanol–water partition coefficient (Wildman–Crippen LogP) is 3.69. The summed E-state index contributed by atoms with van der Waals surface area (Å²) in [7, 11) is 0. The van der Waals surface area contributed by atoms with Gasteiger partial charge in [0.2, 0.25) is 0 Å². The number of aliphatic hydroxyl groups excluding tert-OH is 5. The van der Waals surface area contributed by atoms with E-state index in [0.29, 0.717) is 18.3 Å². The lowest BCUT2D eigenvalue weighted by Gasteiger charge is -2.64. The van der Waals surface area contributed by atoms with E-state index in [2.05, 4.69) is 34.6 Å². The maximum absolute atomic E-state index is 12.4. The van der Waals surface area contributed by atoms with Crippen LogP contribution in [0.25, 0.3) is 0 Å². The molecule has 0 amide bonds. The highest BCUT2D eigenvalue weighted by molar-refractivity contribution is 5.45. The van der Waals surface area contributed by atoms with Crippen LogP contribution in [0.15, 0.2) is 11.1 Å². The molecule has 1 saturated heterocycles. The summed E-state index contributed by atoms with van der Waals surface area (Å²) >= 11 is 0. The first-order valence-corrected chi connectivity index (χ1v) is 17.5. The minimum atomic E-state index is -1.28. The Hall–Kier alpha value is -0.580. The van der Waals surface area contributed by atoms with Gasteiger partial charge in [0.05, 0.1) is 30.5 Å². The van der Waals surface area contributed by atoms with Crippen LogP contribution in [0, 0.1) is 50.7 Å². The Labute approximate surface area is 263 Å². The quantitative estimate of drug-likeness (QED) is 0.207. The van der Waals surface area contributed by atoms with E-state index in [1.165, 1.54) is 18.4 Å². The van der Waals surface area contributed by atoms with Crippen LogP contribution in [0.2, 0.25) is 0 Å². The van der Waals surface area contributed by atoms with E-state index < -0.39 is 42.4 Å². The van der Waals surface area contributed by atoms with Gasteiger partial charge in [-0.25, -0.2) is 0 Å². The third kappa shape index (κ3) is 3.86. The summed E-state index contributed by atoms with van der Waals surface area (Å²) < 4.78 is 12.1. The molecule has 8 heteroatoms. The van der Waals surface area contributed by atoms with E-state index in [1.54, 1.807) is 13.8 Å². The van der Waals surface area contributed by atoms with Crippen LogP contribution in [-0.2, 0) is 9.47 Å². The smallest absolute Gasteiger partial charge is 0.186 e. The molecule has 44 heavy (non-hydrogen) atoms. The van der Waals surface area contributed by atoms with Gasteiger partial charge in [0.15, 0.2) is 6.29 Å². The third-order valence-electron chi connectivity index (χ3n) is 15.5. The molecular formula is C36H58O8. The number of ether oxygens (including phenoxy) is 2. The Morgan fingerprint density at radius 2 is 1.57 bits per heavy atom. The Bertz CT molecular complexity index is 1210. The van der Waals surface area contributed by atoms with Crippen molar-refractivity contribution in [3.05, 3.63) is 11.1 Å². The summed E-state index contributed by atoms with van der Waals surface area (Å²) in [4.78, 5) is 0. The summed E-state index contributed by atoms with van der Waals surface area (Å²) in [5.41, 5.74) is 1.38. The Kier molecular flexibility index (Phi) is 7.08. The van der Waals surface area contributed by atoms with E-state index >= 15 is 0 Å². The fourth-order valence-corrected chi connectivity index (χ4v) is 13.4. The topological polar surface area (TPSA) is 140 Å². The summed E-state index contributed by atoms with van der Waals surface area (Å²) in [6.45, 7) is 15.0. The molecule has 0 aromatic heterocycles. The summed E-state index contributed by atoms with van der Waals surface area (Å²) in [5.74, 6) is 1.09. The van der Waals surface area contributed by atoms with Gasteiger partial charge in [-0.05, 0) is 123 Å². The number of aliphatic hydroxyl groups is 6. The first-order valence-electron chi connectivity index (χ1n) is 17.5. The predicted molar refractivity (Wildman–Crippen MR) is 164 cm³/mol. The monoisotopic (exact) mass is 618 g/mol. The molecule has 6 N–H and O–H groups in total. The van der Waals surface area contributed by atoms with Crippen LogP contribution in [0.1, 0.15) is 106 Å². The SMILES string of the molecule is C[C@@H]1CC([C@H](O)C(C)(C)O)CC2=C1[C@@]1(C)CC[C@@]34C[C@@]35CC[C@H](OC3OC[C@@H](O)[C@H](O)[C@H]3O)C(C)(C)C5CCC4[C@]1(C)[C@H]2O. The second-order valence-corrected chi connectivity index (χ2v) is 18.1. The molecule has 250 valence electrons. The van der Waals surface area contributed by atoms with Gasteiger partial charge in [-0.3, -0.25) is 0 Å². The highest BCUT2D eigenvalue weighted by Gasteiger charge is 2.83. The standard InChI is InChI=1S/C36H58O8/c1-18-14-19(28(40)32(4,5)42)15-20-25(18)33(6)12-13-36-17-35(36)11-10-24(44-30-27(39)26(38)21(37)16-43-30)31(2,3)22(35)8-9-23(36)34(33,7)29(20)41/h18-19,21-24,26-30,37-42H,8-17H2,1-7H3/t18-,19?,21-,22?,23?,24+,26+,27-,28+,29+,30?,33-,34-,35-,36+/m1/s1. The molecule has 1 heterocycles. The zero-order chi connectivity index (χ0) is 32.0. The molecule has 1 aliphatic heterocycles. The molecule has 0 aromatic rings. The average molecular weight is 619 g/mol. The first kappa shape index (κ1) is 32.0. The minimum Gasteiger partial charge on any atom is -0.390 e. The first-order chi connectivity index (χ1) is 20.4. The van der Waals surface area contributed by atoms with Crippen molar-refractivity contribution in [2.24, 2.45) is 50.7 Å². The lowest BCUT2D eigenvalue weighted by Crippen LogP contribution is -2.61. The Morgan fingerprint density at radius 1 is 0.909 bits per heavy atom. The molecule has 7 aliphatic rings. The van der Waals surface area contributed by atoms with Gasteiger partial charge in [0.1, 0.15) is 18.3 Å². The fourth-order valence-electron chi connectivity index (χ4n) is 13.4. The van der Waals surface area contributed by atoms with Crippen molar-refractivity contribution in [3.8, 4) is 0 Å². The van der Waals surface area contributed by atoms with E-state index in [4.69, 9.17) is 9.47 Å². The maximum Gasteiger partial charge on any atom is 0.186 e. The Balaban J connectivity index is 1.15. The summed E-state index contributed by atoms with van der Waals surface area (Å²) in [6, 6.07) is 0. The molecule has 5 fully saturated rings. The lowest BCUT2D eigenvalue weighted by molar-refractivity contribution is -0.302. The molecular weight excluding hydrogens is 560 g/mol. The van der Waals surface area contributed by atoms with Crippen molar-refractivity contribution in [1.29, 1.82) is 0 Å². The largest absolute Gasteiger partial charge is 0.390 e. The molecule has 7 rings (SSSR count). The van der Waals surface area contributed by atoms with Gasteiger partial charge >= 0.3 is 0 Å². The highest BCUT2D eigenvalue weighted by Crippen LogP contribution is 2.89. The van der Waals surface area contributed by atoms with Crippen LogP contribution < -0.4 is 0 Å². The Morgan fingerprint density at radius 3 is 2.25 bits per heavy atom. The molecule has 2 spiro atoms. The van der Waals surface area contributed by atoms with Crippen LogP contribution in [0.5, 0.6) is 0 Å². The number of allylic oxidation sites excluding steroid dienone is 1. The van der Waals surface area contributed by atoms with Gasteiger partial charge in [0.25, 0.3) is 0 Å². The zero-order valence-electron chi connectivity index (χ0n) is 27.9. The minimum absolute atomic E-state index is 0.0536. The van der Waals surface area contributed by atoms with E-state index in [1.807, 2.05) is 0 Å². The van der Waals surface area contributed by atoms with Gasteiger partial charge < -0.3 is 40.1 Å². The van der Waals surface area contributed by atoms with Crippen molar-refractivity contribution in [1.82, 2.24) is 0 Å². The molecule has 6 aliphatic carbocycles. The van der Waals surface area contributed by atoms with Crippen molar-refractivity contribution in [2.45, 2.75) is 155 Å². The van der Waals surface area contributed by atoms with Crippen molar-refractivity contribution in [2.75, 3.05) is 6.61 Å². The number of fused-ring (bicyclic) bond motifs is 3. The summed E-state index contributed by atoms with van der Waals surface area (Å²) in [6.07, 6.45) is 2.96. The van der Waals surface area contributed by atoms with Crippen molar-refractivity contribution >= 4 is 0 Å². The number of hydrogen-bond donors (Lipinski definition) is 6. The van der Waals surface area contributed by atoms with Crippen LogP contribution >= 0.6 is 0 Å². The molecule has 0 bridgehead atoms. The average Bonchev–Trinajstić information content (AvgIpc) is 3.58. The second kappa shape index (κ2) is 9.74. The van der Waals surface area contributed by atoms with Gasteiger partial charge in [-0.1, -0.05) is 40.2 Å². The van der Waals surface area contributed by atoms with E-state index in [9.17, 15) is 30.6 Å². The van der Waals surface area contributed by atoms with E-state index in [-0.39, 0.29) is 51.6 Å². The lowest BCUT2D eigenvalue weighted by atomic mass is 9.41. The summed E-state index contributed by atoms with van der Waals surface area (Å²) in [5, 5.41) is 64.9. The number of hydrogen-bond acceptors (Lipinski definition) is 8. The van der Waals surface area contributed by atoms with Crippen LogP contribution in [0.3, 0.4) is 0 Å². The molecule has 0 radical (unpaired) electrons. The molecule has 8 nitrogen and oxygen atoms in total.